The van der Waals surface area contributed by atoms with E-state index in [4.69, 9.17) is 10.5 Å². The van der Waals surface area contributed by atoms with Gasteiger partial charge in [0.15, 0.2) is 0 Å². The molecule has 0 saturated carbocycles. The molecule has 1 rings (SSSR count). The van der Waals surface area contributed by atoms with Crippen molar-refractivity contribution < 1.29 is 33.4 Å². The second kappa shape index (κ2) is 13.3. The first kappa shape index (κ1) is 32.4. The maximum atomic E-state index is 14.2. The fraction of sp³-hybridized carbons (Fsp3) is 0.593. The van der Waals surface area contributed by atoms with Crippen LogP contribution in [0.1, 0.15) is 77.1 Å². The van der Waals surface area contributed by atoms with E-state index in [1.807, 2.05) is 39.0 Å². The van der Waals surface area contributed by atoms with E-state index < -0.39 is 66.0 Å². The van der Waals surface area contributed by atoms with E-state index in [9.17, 15) is 24.0 Å². The molecular weight excluding hydrogens is 492 g/mol. The van der Waals surface area contributed by atoms with Crippen molar-refractivity contribution in [3.63, 3.8) is 0 Å². The number of alkyl carbamates (subject to hydrolysis) is 1. The number of methoxy groups -OCH3 is 1. The van der Waals surface area contributed by atoms with Crippen LogP contribution in [0, 0.1) is 13.8 Å². The van der Waals surface area contributed by atoms with Crippen LogP contribution in [0.3, 0.4) is 0 Å². The van der Waals surface area contributed by atoms with Gasteiger partial charge in [-0.1, -0.05) is 25.1 Å². The number of benzene rings is 1. The van der Waals surface area contributed by atoms with Gasteiger partial charge in [0.05, 0.1) is 13.5 Å². The SMILES string of the molecule is CCC(C)(C)N(C(=O)C(CC(N)=O)NC(=O)OC(C)(C)C)C(C(=O)NCC(=O)OC)c1c(C)cccc1C. The third-order valence-corrected chi connectivity index (χ3v) is 6.11. The van der Waals surface area contributed by atoms with Gasteiger partial charge in [-0.2, -0.15) is 0 Å². The summed E-state index contributed by atoms with van der Waals surface area (Å²) in [5, 5.41) is 5.01. The number of ether oxygens (including phenoxy) is 2. The number of rotatable bonds is 11. The molecule has 2 atom stereocenters. The molecular formula is C27H42N4O7. The number of primary amides is 1. The second-order valence-corrected chi connectivity index (χ2v) is 10.7. The molecule has 11 nitrogen and oxygen atoms in total. The highest BCUT2D eigenvalue weighted by Crippen LogP contribution is 2.35. The zero-order valence-corrected chi connectivity index (χ0v) is 23.9. The van der Waals surface area contributed by atoms with E-state index in [1.54, 1.807) is 34.6 Å². The zero-order chi connectivity index (χ0) is 29.4. The summed E-state index contributed by atoms with van der Waals surface area (Å²) in [5.74, 6) is -2.82. The van der Waals surface area contributed by atoms with Gasteiger partial charge in [-0.15, -0.1) is 0 Å². The fourth-order valence-corrected chi connectivity index (χ4v) is 3.93. The Bertz CT molecular complexity index is 1030. The Hall–Kier alpha value is -3.63. The third-order valence-electron chi connectivity index (χ3n) is 6.11. The van der Waals surface area contributed by atoms with E-state index in [2.05, 4.69) is 15.4 Å². The Balaban J connectivity index is 3.75. The summed E-state index contributed by atoms with van der Waals surface area (Å²) in [6.07, 6.45) is -1.01. The minimum absolute atomic E-state index is 0.410. The number of esters is 1. The van der Waals surface area contributed by atoms with E-state index in [0.717, 1.165) is 11.1 Å². The fourth-order valence-electron chi connectivity index (χ4n) is 3.93. The largest absolute Gasteiger partial charge is 0.468 e. The number of nitrogens with two attached hydrogens (primary N) is 1. The van der Waals surface area contributed by atoms with Gasteiger partial charge in [0.1, 0.15) is 24.2 Å². The maximum absolute atomic E-state index is 14.2. The summed E-state index contributed by atoms with van der Waals surface area (Å²) in [6, 6.07) is 2.83. The Kier molecular flexibility index (Phi) is 11.3. The third kappa shape index (κ3) is 9.04. The number of carbonyl (C=O) groups excluding carboxylic acids is 5. The summed E-state index contributed by atoms with van der Waals surface area (Å²) in [4.78, 5) is 65.6. The Labute approximate surface area is 224 Å². The summed E-state index contributed by atoms with van der Waals surface area (Å²) >= 11 is 0. The smallest absolute Gasteiger partial charge is 0.408 e. The van der Waals surface area contributed by atoms with E-state index in [1.165, 1.54) is 12.0 Å². The van der Waals surface area contributed by atoms with Crippen molar-refractivity contribution in [3.8, 4) is 0 Å². The van der Waals surface area contributed by atoms with E-state index in [0.29, 0.717) is 12.0 Å². The van der Waals surface area contributed by atoms with Crippen molar-refractivity contribution in [2.24, 2.45) is 5.73 Å². The number of aryl methyl sites for hydroxylation is 2. The monoisotopic (exact) mass is 534 g/mol. The molecule has 1 aromatic carbocycles. The molecule has 0 bridgehead atoms. The van der Waals surface area contributed by atoms with Gasteiger partial charge in [0.2, 0.25) is 17.7 Å². The first-order valence-corrected chi connectivity index (χ1v) is 12.5. The van der Waals surface area contributed by atoms with Crippen LogP contribution in [0.25, 0.3) is 0 Å². The summed E-state index contributed by atoms with van der Waals surface area (Å²) < 4.78 is 9.94. The Morgan fingerprint density at radius 1 is 1.03 bits per heavy atom. The standard InChI is InChI=1S/C27H42N4O7/c1-10-27(7,8)31(24(35)18(14-19(28)32)30-25(36)38-26(4,5)6)22(23(34)29-15-20(33)37-9)21-16(2)12-11-13-17(21)3/h11-13,18,22H,10,14-15H2,1-9H3,(H2,28,32)(H,29,34)(H,30,36). The van der Waals surface area contributed by atoms with E-state index in [-0.39, 0.29) is 0 Å². The molecule has 38 heavy (non-hydrogen) atoms. The molecule has 0 aliphatic carbocycles. The van der Waals surface area contributed by atoms with Crippen LogP contribution in [0.15, 0.2) is 18.2 Å². The number of amides is 4. The normalized spacial score (nSPS) is 13.1. The van der Waals surface area contributed by atoms with E-state index >= 15 is 0 Å². The number of hydrogen-bond donors (Lipinski definition) is 3. The van der Waals surface area contributed by atoms with Crippen molar-refractivity contribution in [3.05, 3.63) is 34.9 Å². The highest BCUT2D eigenvalue weighted by Gasteiger charge is 2.44. The second-order valence-electron chi connectivity index (χ2n) is 10.7. The number of hydrogen-bond acceptors (Lipinski definition) is 7. The van der Waals surface area contributed by atoms with Crippen molar-refractivity contribution in [2.75, 3.05) is 13.7 Å². The number of carbonyl (C=O) groups is 5. The molecule has 0 heterocycles. The summed E-state index contributed by atoms with van der Waals surface area (Å²) in [7, 11) is 1.20. The quantitative estimate of drug-likeness (QED) is 0.368. The molecule has 4 amide bonds. The maximum Gasteiger partial charge on any atom is 0.408 e. The van der Waals surface area contributed by atoms with Crippen molar-refractivity contribution in [2.45, 2.75) is 91.5 Å². The molecule has 0 radical (unpaired) electrons. The molecule has 4 N–H and O–H groups in total. The average Bonchev–Trinajstić information content (AvgIpc) is 2.79. The van der Waals surface area contributed by atoms with Crippen molar-refractivity contribution in [1.29, 1.82) is 0 Å². The first-order chi connectivity index (χ1) is 17.4. The predicted molar refractivity (Wildman–Crippen MR) is 142 cm³/mol. The zero-order valence-electron chi connectivity index (χ0n) is 23.9. The number of nitrogens with one attached hydrogen (secondary N) is 2. The van der Waals surface area contributed by atoms with Gasteiger partial charge in [0.25, 0.3) is 0 Å². The van der Waals surface area contributed by atoms with Crippen LogP contribution < -0.4 is 16.4 Å². The summed E-state index contributed by atoms with van der Waals surface area (Å²) in [5.41, 5.74) is 5.66. The van der Waals surface area contributed by atoms with Gasteiger partial charge in [-0.3, -0.25) is 19.2 Å². The molecule has 0 aliphatic rings. The topological polar surface area (TPSA) is 157 Å². The lowest BCUT2D eigenvalue weighted by molar-refractivity contribution is -0.150. The van der Waals surface area contributed by atoms with Crippen LogP contribution in [-0.4, -0.2) is 65.5 Å². The molecule has 2 unspecified atom stereocenters. The minimum Gasteiger partial charge on any atom is -0.468 e. The van der Waals surface area contributed by atoms with Gasteiger partial charge in [-0.05, 0) is 71.6 Å². The lowest BCUT2D eigenvalue weighted by Crippen LogP contribution is -2.60. The summed E-state index contributed by atoms with van der Waals surface area (Å²) in [6.45, 7) is 13.6. The van der Waals surface area contributed by atoms with Gasteiger partial charge >= 0.3 is 12.1 Å². The Morgan fingerprint density at radius 3 is 2.03 bits per heavy atom. The van der Waals surface area contributed by atoms with Gasteiger partial charge < -0.3 is 30.7 Å². The lowest BCUT2D eigenvalue weighted by atomic mass is 9.88. The molecule has 0 fully saturated rings. The average molecular weight is 535 g/mol. The molecule has 0 aliphatic heterocycles. The Morgan fingerprint density at radius 2 is 1.58 bits per heavy atom. The van der Waals surface area contributed by atoms with Crippen LogP contribution >= 0.6 is 0 Å². The number of nitrogens with zero attached hydrogens (tertiary/aromatic N) is 1. The van der Waals surface area contributed by atoms with Crippen molar-refractivity contribution in [1.82, 2.24) is 15.5 Å². The first-order valence-electron chi connectivity index (χ1n) is 12.5. The molecule has 0 spiro atoms. The minimum atomic E-state index is -1.41. The molecule has 11 heteroatoms. The van der Waals surface area contributed by atoms with Gasteiger partial charge in [0, 0.05) is 5.54 Å². The lowest BCUT2D eigenvalue weighted by Gasteiger charge is -2.45. The highest BCUT2D eigenvalue weighted by molar-refractivity contribution is 5.96. The predicted octanol–water partition coefficient (Wildman–Crippen LogP) is 2.42. The molecule has 0 aromatic heterocycles. The molecule has 1 aromatic rings. The molecule has 0 saturated heterocycles. The highest BCUT2D eigenvalue weighted by atomic mass is 16.6. The molecule has 212 valence electrons. The van der Waals surface area contributed by atoms with Crippen LogP contribution in [0.5, 0.6) is 0 Å². The van der Waals surface area contributed by atoms with Crippen LogP contribution in [0.4, 0.5) is 4.79 Å². The van der Waals surface area contributed by atoms with Crippen LogP contribution in [-0.2, 0) is 28.7 Å². The van der Waals surface area contributed by atoms with Crippen molar-refractivity contribution >= 4 is 29.8 Å². The van der Waals surface area contributed by atoms with Crippen LogP contribution in [0.2, 0.25) is 0 Å². The van der Waals surface area contributed by atoms with Gasteiger partial charge in [-0.25, -0.2) is 4.79 Å².